The molecule has 1 saturated carbocycles. The highest BCUT2D eigenvalue weighted by atomic mass is 16.5. The van der Waals surface area contributed by atoms with Crippen LogP contribution in [0.5, 0.6) is 0 Å². The van der Waals surface area contributed by atoms with E-state index in [1.165, 1.54) is 81.0 Å². The lowest BCUT2D eigenvalue weighted by atomic mass is 9.73. The van der Waals surface area contributed by atoms with E-state index in [0.29, 0.717) is 18.1 Å². The first-order valence-electron chi connectivity index (χ1n) is 10.4. The molecule has 24 heavy (non-hydrogen) atoms. The molecule has 4 rings (SSSR count). The second kappa shape index (κ2) is 7.47. The molecule has 1 aliphatic carbocycles. The van der Waals surface area contributed by atoms with Crippen molar-refractivity contribution in [1.82, 2.24) is 0 Å². The quantitative estimate of drug-likeness (QED) is 0.683. The molecule has 2 fully saturated rings. The number of rotatable bonds is 5. The first kappa shape index (κ1) is 16.4. The van der Waals surface area contributed by atoms with Gasteiger partial charge in [-0.15, -0.1) is 0 Å². The molecule has 0 unspecified atom stereocenters. The zero-order chi connectivity index (χ0) is 16.4. The van der Waals surface area contributed by atoms with Gasteiger partial charge in [0.1, 0.15) is 0 Å². The van der Waals surface area contributed by atoms with Crippen molar-refractivity contribution in [3.05, 3.63) is 29.3 Å². The number of unbranched alkanes of at least 4 members (excludes halogenated alkanes) is 2. The molecule has 1 aromatic rings. The summed E-state index contributed by atoms with van der Waals surface area (Å²) >= 11 is 0. The molecule has 132 valence electrons. The zero-order valence-electron chi connectivity index (χ0n) is 15.2. The van der Waals surface area contributed by atoms with Crippen LogP contribution in [-0.4, -0.2) is 12.6 Å². The van der Waals surface area contributed by atoms with Crippen LogP contribution in [-0.2, 0) is 11.2 Å². The van der Waals surface area contributed by atoms with Gasteiger partial charge in [0.2, 0.25) is 0 Å². The first-order valence-corrected chi connectivity index (χ1v) is 10.4. The maximum absolute atomic E-state index is 6.25. The third-order valence-corrected chi connectivity index (χ3v) is 6.57. The lowest BCUT2D eigenvalue weighted by Crippen LogP contribution is -2.42. The predicted octanol–water partition coefficient (Wildman–Crippen LogP) is 5.87. The smallest absolute Gasteiger partial charge is 0.0893 e. The number of anilines is 1. The van der Waals surface area contributed by atoms with E-state index < -0.39 is 0 Å². The number of hydrogen-bond acceptors (Lipinski definition) is 2. The van der Waals surface area contributed by atoms with Crippen LogP contribution in [0.2, 0.25) is 0 Å². The average molecular weight is 328 g/mol. The number of fused-ring (bicyclic) bond motifs is 3. The molecule has 0 radical (unpaired) electrons. The second-order valence-corrected chi connectivity index (χ2v) is 8.19. The maximum Gasteiger partial charge on any atom is 0.0893 e. The van der Waals surface area contributed by atoms with Gasteiger partial charge in [0.25, 0.3) is 0 Å². The number of benzene rings is 1. The summed E-state index contributed by atoms with van der Waals surface area (Å²) in [4.78, 5) is 0. The van der Waals surface area contributed by atoms with Gasteiger partial charge in [-0.2, -0.15) is 0 Å². The fraction of sp³-hybridized carbons (Fsp3) is 0.727. The molecule has 0 aromatic heterocycles. The van der Waals surface area contributed by atoms with Crippen LogP contribution in [0, 0.1) is 11.8 Å². The van der Waals surface area contributed by atoms with Gasteiger partial charge < -0.3 is 10.1 Å². The van der Waals surface area contributed by atoms with Crippen LogP contribution in [0.4, 0.5) is 5.69 Å². The summed E-state index contributed by atoms with van der Waals surface area (Å²) in [6.07, 6.45) is 13.8. The fourth-order valence-corrected chi connectivity index (χ4v) is 5.26. The Morgan fingerprint density at radius 2 is 1.96 bits per heavy atom. The zero-order valence-corrected chi connectivity index (χ0v) is 15.2. The minimum atomic E-state index is 0.347. The topological polar surface area (TPSA) is 21.3 Å². The van der Waals surface area contributed by atoms with E-state index in [4.69, 9.17) is 4.74 Å². The van der Waals surface area contributed by atoms with Gasteiger partial charge in [0.15, 0.2) is 0 Å². The standard InChI is InChI=1S/C22H33NO/c1-2-3-5-8-16-11-12-20-19(15-16)22-18(13-14-24-22)21(23-20)17-9-6-4-7-10-17/h11-12,15,17-18,21-23H,2-10,13-14H2,1H3/t18-,21-,22-/m0/s1. The van der Waals surface area contributed by atoms with E-state index in [2.05, 4.69) is 30.4 Å². The average Bonchev–Trinajstić information content (AvgIpc) is 3.12. The van der Waals surface area contributed by atoms with Crippen molar-refractivity contribution < 1.29 is 4.74 Å². The predicted molar refractivity (Wildman–Crippen MR) is 100 cm³/mol. The third-order valence-electron chi connectivity index (χ3n) is 6.57. The Balaban J connectivity index is 1.55. The van der Waals surface area contributed by atoms with Gasteiger partial charge in [-0.3, -0.25) is 0 Å². The van der Waals surface area contributed by atoms with Crippen LogP contribution in [0.25, 0.3) is 0 Å². The highest BCUT2D eigenvalue weighted by Gasteiger charge is 2.43. The van der Waals surface area contributed by atoms with Gasteiger partial charge in [-0.25, -0.2) is 0 Å². The molecule has 3 aliphatic rings. The van der Waals surface area contributed by atoms with E-state index in [1.807, 2.05) is 0 Å². The lowest BCUT2D eigenvalue weighted by Gasteiger charge is -2.42. The molecular weight excluding hydrogens is 294 g/mol. The molecule has 0 amide bonds. The molecule has 2 heteroatoms. The second-order valence-electron chi connectivity index (χ2n) is 8.19. The van der Waals surface area contributed by atoms with Gasteiger partial charge >= 0.3 is 0 Å². The molecule has 2 nitrogen and oxygen atoms in total. The first-order chi connectivity index (χ1) is 11.9. The number of ether oxygens (including phenoxy) is 1. The van der Waals surface area contributed by atoms with E-state index in [-0.39, 0.29) is 0 Å². The van der Waals surface area contributed by atoms with Crippen molar-refractivity contribution in [2.24, 2.45) is 11.8 Å². The van der Waals surface area contributed by atoms with E-state index in [9.17, 15) is 0 Å². The van der Waals surface area contributed by atoms with Crippen LogP contribution < -0.4 is 5.32 Å². The Bertz CT molecular complexity index is 549. The molecule has 1 N–H and O–H groups in total. The number of hydrogen-bond donors (Lipinski definition) is 1. The largest absolute Gasteiger partial charge is 0.381 e. The minimum absolute atomic E-state index is 0.347. The van der Waals surface area contributed by atoms with Crippen LogP contribution >= 0.6 is 0 Å². The molecule has 2 aliphatic heterocycles. The summed E-state index contributed by atoms with van der Waals surface area (Å²) in [5.74, 6) is 1.54. The van der Waals surface area contributed by atoms with Crippen molar-refractivity contribution in [3.8, 4) is 0 Å². The van der Waals surface area contributed by atoms with Crippen molar-refractivity contribution in [2.75, 3.05) is 11.9 Å². The molecule has 0 bridgehead atoms. The van der Waals surface area contributed by atoms with E-state index in [1.54, 1.807) is 0 Å². The maximum atomic E-state index is 6.25. The summed E-state index contributed by atoms with van der Waals surface area (Å²) in [7, 11) is 0. The van der Waals surface area contributed by atoms with Gasteiger partial charge in [-0.1, -0.05) is 51.2 Å². The molecule has 2 heterocycles. The van der Waals surface area contributed by atoms with Crippen LogP contribution in [0.15, 0.2) is 18.2 Å². The van der Waals surface area contributed by atoms with Crippen LogP contribution in [0.3, 0.4) is 0 Å². The summed E-state index contributed by atoms with van der Waals surface area (Å²) in [5.41, 5.74) is 4.29. The van der Waals surface area contributed by atoms with Crippen molar-refractivity contribution in [3.63, 3.8) is 0 Å². The van der Waals surface area contributed by atoms with Crippen molar-refractivity contribution in [1.29, 1.82) is 0 Å². The summed E-state index contributed by atoms with van der Waals surface area (Å²) in [6, 6.07) is 7.76. The van der Waals surface area contributed by atoms with Crippen LogP contribution in [0.1, 0.15) is 81.9 Å². The Hall–Kier alpha value is -1.02. The van der Waals surface area contributed by atoms with Crippen molar-refractivity contribution in [2.45, 2.75) is 83.3 Å². The Labute approximate surface area is 147 Å². The highest BCUT2D eigenvalue weighted by Crippen LogP contribution is 2.48. The fourth-order valence-electron chi connectivity index (χ4n) is 5.26. The molecule has 1 saturated heterocycles. The third kappa shape index (κ3) is 3.22. The SMILES string of the molecule is CCCCCc1ccc2c(c1)[C@H]1OCC[C@H]1[C@H](C1CCCCC1)N2. The van der Waals surface area contributed by atoms with Gasteiger partial charge in [-0.05, 0) is 49.7 Å². The molecular formula is C22H33NO. The summed E-state index contributed by atoms with van der Waals surface area (Å²) < 4.78 is 6.25. The van der Waals surface area contributed by atoms with Crippen molar-refractivity contribution >= 4 is 5.69 Å². The molecule has 3 atom stereocenters. The highest BCUT2D eigenvalue weighted by molar-refractivity contribution is 5.57. The number of aryl methyl sites for hydroxylation is 1. The number of nitrogens with one attached hydrogen (secondary N) is 1. The lowest BCUT2D eigenvalue weighted by molar-refractivity contribution is 0.0731. The monoisotopic (exact) mass is 327 g/mol. The summed E-state index contributed by atoms with van der Waals surface area (Å²) in [6.45, 7) is 3.22. The van der Waals surface area contributed by atoms with Gasteiger partial charge in [0, 0.05) is 29.8 Å². The Morgan fingerprint density at radius 1 is 1.08 bits per heavy atom. The normalized spacial score (nSPS) is 29.8. The Kier molecular flexibility index (Phi) is 5.12. The van der Waals surface area contributed by atoms with Gasteiger partial charge in [0.05, 0.1) is 6.10 Å². The minimum Gasteiger partial charge on any atom is -0.381 e. The van der Waals surface area contributed by atoms with E-state index in [0.717, 1.165) is 12.5 Å². The molecule has 1 aromatic carbocycles. The Morgan fingerprint density at radius 3 is 2.79 bits per heavy atom. The summed E-state index contributed by atoms with van der Waals surface area (Å²) in [5, 5.41) is 3.95. The van der Waals surface area contributed by atoms with E-state index >= 15 is 0 Å². The molecule has 0 spiro atoms.